The lowest BCUT2D eigenvalue weighted by Crippen LogP contribution is -2.13. The van der Waals surface area contributed by atoms with Gasteiger partial charge in [-0.25, -0.2) is 0 Å². The number of ether oxygens (including phenoxy) is 1. The van der Waals surface area contributed by atoms with Gasteiger partial charge in [-0.3, -0.25) is 4.68 Å². The predicted octanol–water partition coefficient (Wildman–Crippen LogP) is 4.30. The molecule has 3 nitrogen and oxygen atoms in total. The fourth-order valence-corrected chi connectivity index (χ4v) is 3.44. The van der Waals surface area contributed by atoms with Gasteiger partial charge in [-0.15, -0.1) is 0 Å². The Labute approximate surface area is 142 Å². The van der Waals surface area contributed by atoms with Crippen LogP contribution in [-0.2, 0) is 19.9 Å². The molecule has 0 saturated heterocycles. The molecule has 2 aromatic rings. The third-order valence-electron chi connectivity index (χ3n) is 3.62. The van der Waals surface area contributed by atoms with Crippen molar-refractivity contribution in [1.29, 1.82) is 0 Å². The molecule has 114 valence electrons. The molecule has 0 saturated carbocycles. The van der Waals surface area contributed by atoms with E-state index in [9.17, 15) is 0 Å². The highest BCUT2D eigenvalue weighted by Gasteiger charge is 2.17. The van der Waals surface area contributed by atoms with E-state index in [-0.39, 0.29) is 0 Å². The molecule has 0 radical (unpaired) electrons. The number of halogens is 2. The van der Waals surface area contributed by atoms with Crippen molar-refractivity contribution in [1.82, 2.24) is 9.78 Å². The number of benzene rings is 1. The normalized spacial score (nSPS) is 12.4. The fraction of sp³-hybridized carbons (Fsp3) is 0.438. The first-order valence-corrected chi connectivity index (χ1v) is 8.83. The van der Waals surface area contributed by atoms with Gasteiger partial charge in [0.1, 0.15) is 5.75 Å². The molecule has 0 fully saturated rings. The topological polar surface area (TPSA) is 27.1 Å². The molecule has 0 aliphatic heterocycles. The summed E-state index contributed by atoms with van der Waals surface area (Å²) in [6.45, 7) is 2.03. The molecular formula is C16H20Br2N2O. The first-order valence-electron chi connectivity index (χ1n) is 6.92. The van der Waals surface area contributed by atoms with E-state index in [0.717, 1.165) is 34.1 Å². The predicted molar refractivity (Wildman–Crippen MR) is 93.3 cm³/mol. The summed E-state index contributed by atoms with van der Waals surface area (Å²) in [4.78, 5) is 0. The maximum atomic E-state index is 5.30. The average Bonchev–Trinajstić information content (AvgIpc) is 2.73. The Balaban J connectivity index is 2.13. The molecule has 5 heteroatoms. The minimum absolute atomic E-state index is 0.517. The molecule has 0 spiro atoms. The molecule has 0 N–H and O–H groups in total. The summed E-state index contributed by atoms with van der Waals surface area (Å²) in [5, 5.41) is 5.43. The second-order valence-electron chi connectivity index (χ2n) is 5.25. The Morgan fingerprint density at radius 1 is 1.33 bits per heavy atom. The Morgan fingerprint density at radius 3 is 2.67 bits per heavy atom. The summed E-state index contributed by atoms with van der Waals surface area (Å²) < 4.78 is 8.40. The highest BCUT2D eigenvalue weighted by atomic mass is 79.9. The van der Waals surface area contributed by atoms with Gasteiger partial charge < -0.3 is 4.74 Å². The van der Waals surface area contributed by atoms with Gasteiger partial charge in [-0.05, 0) is 59.3 Å². The van der Waals surface area contributed by atoms with Gasteiger partial charge in [-0.1, -0.05) is 28.1 Å². The molecule has 1 atom stereocenters. The summed E-state index contributed by atoms with van der Waals surface area (Å²) >= 11 is 7.29. The van der Waals surface area contributed by atoms with Crippen molar-refractivity contribution in [2.24, 2.45) is 13.0 Å². The lowest BCUT2D eigenvalue weighted by molar-refractivity contribution is 0.414. The summed E-state index contributed by atoms with van der Waals surface area (Å²) in [5.41, 5.74) is 3.59. The van der Waals surface area contributed by atoms with Crippen molar-refractivity contribution in [2.45, 2.75) is 19.8 Å². The zero-order valence-corrected chi connectivity index (χ0v) is 15.7. The molecule has 1 aromatic carbocycles. The number of alkyl halides is 1. The van der Waals surface area contributed by atoms with E-state index in [4.69, 9.17) is 4.74 Å². The van der Waals surface area contributed by atoms with Crippen LogP contribution in [0.4, 0.5) is 0 Å². The Bertz CT molecular complexity index is 610. The summed E-state index contributed by atoms with van der Waals surface area (Å²) in [6.07, 6.45) is 2.00. The van der Waals surface area contributed by atoms with E-state index in [0.29, 0.717) is 5.92 Å². The van der Waals surface area contributed by atoms with E-state index in [1.807, 2.05) is 30.8 Å². The highest BCUT2D eigenvalue weighted by Crippen LogP contribution is 2.26. The van der Waals surface area contributed by atoms with Gasteiger partial charge in [0, 0.05) is 12.4 Å². The third-order valence-corrected chi connectivity index (χ3v) is 5.57. The lowest BCUT2D eigenvalue weighted by atomic mass is 9.96. The molecule has 0 aliphatic carbocycles. The van der Waals surface area contributed by atoms with Gasteiger partial charge in [-0.2, -0.15) is 5.10 Å². The standard InChI is InChI=1S/C16H20Br2N2O/c1-11-16(18)15(20(2)19-11)9-13(10-17)7-12-5-4-6-14(8-12)21-3/h4-6,8,13H,7,9-10H2,1-3H3. The largest absolute Gasteiger partial charge is 0.497 e. The molecule has 0 bridgehead atoms. The van der Waals surface area contributed by atoms with E-state index < -0.39 is 0 Å². The van der Waals surface area contributed by atoms with Gasteiger partial charge in [0.25, 0.3) is 0 Å². The van der Waals surface area contributed by atoms with Crippen molar-refractivity contribution in [3.05, 3.63) is 45.7 Å². The molecule has 1 unspecified atom stereocenters. The van der Waals surface area contributed by atoms with Crippen LogP contribution >= 0.6 is 31.9 Å². The van der Waals surface area contributed by atoms with Gasteiger partial charge >= 0.3 is 0 Å². The maximum absolute atomic E-state index is 5.30. The number of aromatic nitrogens is 2. The maximum Gasteiger partial charge on any atom is 0.119 e. The van der Waals surface area contributed by atoms with Crippen LogP contribution < -0.4 is 4.74 Å². The first-order chi connectivity index (χ1) is 10.0. The van der Waals surface area contributed by atoms with Gasteiger partial charge in [0.05, 0.1) is 23.0 Å². The van der Waals surface area contributed by atoms with E-state index in [1.165, 1.54) is 11.3 Å². The Kier molecular flexibility index (Phi) is 5.88. The summed E-state index contributed by atoms with van der Waals surface area (Å²) in [5.74, 6) is 1.43. The Hall–Kier alpha value is -0.810. The highest BCUT2D eigenvalue weighted by molar-refractivity contribution is 9.10. The number of hydrogen-bond donors (Lipinski definition) is 0. The average molecular weight is 416 g/mol. The van der Waals surface area contributed by atoms with Crippen molar-refractivity contribution >= 4 is 31.9 Å². The third kappa shape index (κ3) is 4.10. The van der Waals surface area contributed by atoms with E-state index >= 15 is 0 Å². The quantitative estimate of drug-likeness (QED) is 0.657. The van der Waals surface area contributed by atoms with Crippen LogP contribution in [0.1, 0.15) is 17.0 Å². The SMILES string of the molecule is COc1cccc(CC(CBr)Cc2c(Br)c(C)nn2C)c1. The molecule has 2 rings (SSSR count). The van der Waals surface area contributed by atoms with Crippen molar-refractivity contribution < 1.29 is 4.74 Å². The molecule has 0 aliphatic rings. The Morgan fingerprint density at radius 2 is 2.10 bits per heavy atom. The monoisotopic (exact) mass is 414 g/mol. The second-order valence-corrected chi connectivity index (χ2v) is 6.69. The summed E-state index contributed by atoms with van der Waals surface area (Å²) in [6, 6.07) is 8.29. The second kappa shape index (κ2) is 7.45. The van der Waals surface area contributed by atoms with Crippen LogP contribution in [0.15, 0.2) is 28.7 Å². The van der Waals surface area contributed by atoms with Crippen LogP contribution in [0.25, 0.3) is 0 Å². The fourth-order valence-electron chi connectivity index (χ4n) is 2.49. The minimum Gasteiger partial charge on any atom is -0.497 e. The van der Waals surface area contributed by atoms with Crippen LogP contribution in [0.2, 0.25) is 0 Å². The number of nitrogens with zero attached hydrogens (tertiary/aromatic N) is 2. The minimum atomic E-state index is 0.517. The first kappa shape index (κ1) is 16.6. The molecule has 1 heterocycles. The van der Waals surface area contributed by atoms with Crippen LogP contribution in [-0.4, -0.2) is 22.2 Å². The summed E-state index contributed by atoms with van der Waals surface area (Å²) in [7, 11) is 3.71. The number of hydrogen-bond acceptors (Lipinski definition) is 2. The van der Waals surface area contributed by atoms with Crippen LogP contribution in [0, 0.1) is 12.8 Å². The van der Waals surface area contributed by atoms with Crippen molar-refractivity contribution in [3.63, 3.8) is 0 Å². The van der Waals surface area contributed by atoms with Crippen molar-refractivity contribution in [2.75, 3.05) is 12.4 Å². The number of aryl methyl sites for hydroxylation is 2. The van der Waals surface area contributed by atoms with Crippen molar-refractivity contribution in [3.8, 4) is 5.75 Å². The zero-order valence-electron chi connectivity index (χ0n) is 12.6. The molecular weight excluding hydrogens is 396 g/mol. The molecule has 21 heavy (non-hydrogen) atoms. The number of methoxy groups -OCH3 is 1. The number of rotatable bonds is 6. The van der Waals surface area contributed by atoms with E-state index in [2.05, 4.69) is 49.1 Å². The molecule has 1 aromatic heterocycles. The zero-order chi connectivity index (χ0) is 15.4. The van der Waals surface area contributed by atoms with Gasteiger partial charge in [0.15, 0.2) is 0 Å². The van der Waals surface area contributed by atoms with Gasteiger partial charge in [0.2, 0.25) is 0 Å². The van der Waals surface area contributed by atoms with E-state index in [1.54, 1.807) is 7.11 Å². The smallest absolute Gasteiger partial charge is 0.119 e. The lowest BCUT2D eigenvalue weighted by Gasteiger charge is -2.15. The van der Waals surface area contributed by atoms with Crippen LogP contribution in [0.3, 0.4) is 0 Å². The molecule has 0 amide bonds. The van der Waals surface area contributed by atoms with Crippen LogP contribution in [0.5, 0.6) is 5.75 Å².